The molecule has 5 rings (SSSR count). The fraction of sp³-hybridized carbons (Fsp3) is 0.450. The van der Waals surface area contributed by atoms with Crippen molar-refractivity contribution in [2.24, 2.45) is 0 Å². The molecule has 0 radical (unpaired) electrons. The number of hydrogen-bond acceptors (Lipinski definition) is 8. The average molecular weight is 386 g/mol. The number of ether oxygens (including phenoxy) is 3. The highest BCUT2D eigenvalue weighted by Gasteiger charge is 2.82. The lowest BCUT2D eigenvalue weighted by Gasteiger charge is -2.59. The summed E-state index contributed by atoms with van der Waals surface area (Å²) in [7, 11) is 0. The van der Waals surface area contributed by atoms with Crippen LogP contribution in [0.15, 0.2) is 36.4 Å². The van der Waals surface area contributed by atoms with Crippen molar-refractivity contribution in [3.05, 3.63) is 47.5 Å². The molecule has 0 unspecified atom stereocenters. The Balaban J connectivity index is 1.83. The van der Waals surface area contributed by atoms with Crippen molar-refractivity contribution < 1.29 is 38.8 Å². The van der Waals surface area contributed by atoms with E-state index in [2.05, 4.69) is 0 Å². The van der Waals surface area contributed by atoms with Crippen molar-refractivity contribution in [3.63, 3.8) is 0 Å². The predicted octanol–water partition coefficient (Wildman–Crippen LogP) is 0.303. The van der Waals surface area contributed by atoms with Gasteiger partial charge in [-0.15, -0.1) is 0 Å². The van der Waals surface area contributed by atoms with E-state index in [0.717, 1.165) is 0 Å². The molecule has 0 aromatic heterocycles. The van der Waals surface area contributed by atoms with Crippen LogP contribution in [0.5, 0.6) is 0 Å². The van der Waals surface area contributed by atoms with Crippen LogP contribution >= 0.6 is 0 Å². The lowest BCUT2D eigenvalue weighted by molar-refractivity contribution is -0.379. The normalized spacial score (nSPS) is 44.1. The highest BCUT2D eigenvalue weighted by atomic mass is 16.7. The lowest BCUT2D eigenvalue weighted by Crippen LogP contribution is -2.85. The first-order valence-electron chi connectivity index (χ1n) is 9.11. The van der Waals surface area contributed by atoms with Gasteiger partial charge in [0.15, 0.2) is 6.10 Å². The number of fused-ring (bicyclic) bond motifs is 5. The Labute approximate surface area is 159 Å². The van der Waals surface area contributed by atoms with E-state index >= 15 is 0 Å². The summed E-state index contributed by atoms with van der Waals surface area (Å²) in [6.07, 6.45) is 0.192. The number of esters is 1. The minimum absolute atomic E-state index is 0.0498. The Hall–Kier alpha value is -2.39. The number of carbonyl (C=O) groups excluding carboxylic acids is 3. The molecular formula is C20H18O8. The summed E-state index contributed by atoms with van der Waals surface area (Å²) < 4.78 is 17.0. The first-order chi connectivity index (χ1) is 13.2. The van der Waals surface area contributed by atoms with Gasteiger partial charge in [0.05, 0.1) is 12.5 Å². The third kappa shape index (κ3) is 1.81. The summed E-state index contributed by atoms with van der Waals surface area (Å²) in [4.78, 5) is 38.8. The van der Waals surface area contributed by atoms with E-state index in [1.54, 1.807) is 25.1 Å². The van der Waals surface area contributed by atoms with Crippen LogP contribution in [0.25, 0.3) is 0 Å². The van der Waals surface area contributed by atoms with Gasteiger partial charge >= 0.3 is 5.97 Å². The van der Waals surface area contributed by atoms with Crippen LogP contribution in [-0.2, 0) is 19.0 Å². The molecule has 2 N–H and O–H groups in total. The van der Waals surface area contributed by atoms with Crippen molar-refractivity contribution in [2.75, 3.05) is 0 Å². The second-order valence-corrected chi connectivity index (χ2v) is 7.69. The monoisotopic (exact) mass is 386 g/mol. The molecule has 0 bridgehead atoms. The molecule has 8 heteroatoms. The molecule has 146 valence electrons. The van der Waals surface area contributed by atoms with Gasteiger partial charge in [-0.2, -0.15) is 0 Å². The molecule has 2 fully saturated rings. The second kappa shape index (κ2) is 5.36. The fourth-order valence-electron chi connectivity index (χ4n) is 4.75. The molecule has 0 amide bonds. The third-order valence-electron chi connectivity index (χ3n) is 6.03. The van der Waals surface area contributed by atoms with Crippen molar-refractivity contribution in [1.82, 2.24) is 0 Å². The fourth-order valence-corrected chi connectivity index (χ4v) is 4.75. The van der Waals surface area contributed by atoms with Crippen LogP contribution in [0.4, 0.5) is 0 Å². The highest BCUT2D eigenvalue weighted by molar-refractivity contribution is 6.23. The maximum absolute atomic E-state index is 13.5. The van der Waals surface area contributed by atoms with Gasteiger partial charge in [0.1, 0.15) is 6.10 Å². The Morgan fingerprint density at radius 1 is 1.04 bits per heavy atom. The first kappa shape index (κ1) is 17.7. The summed E-state index contributed by atoms with van der Waals surface area (Å²) in [6, 6.07) is 5.88. The Morgan fingerprint density at radius 3 is 2.39 bits per heavy atom. The molecular weight excluding hydrogens is 368 g/mol. The summed E-state index contributed by atoms with van der Waals surface area (Å²) in [5.74, 6) is -4.66. The SMILES string of the molecule is C[C@@H]1CC=C[C@]2(O1)O[C@H]1CC(=O)O[C@@H]1[C@]1(O)C(=O)c3ccccc3C(=O)[C@]21O. The minimum atomic E-state index is -2.83. The van der Waals surface area contributed by atoms with E-state index in [-0.39, 0.29) is 17.5 Å². The van der Waals surface area contributed by atoms with Crippen molar-refractivity contribution in [3.8, 4) is 0 Å². The number of rotatable bonds is 0. The van der Waals surface area contributed by atoms with E-state index < -0.39 is 52.8 Å². The Morgan fingerprint density at radius 2 is 1.71 bits per heavy atom. The molecule has 3 aliphatic heterocycles. The maximum Gasteiger partial charge on any atom is 0.309 e. The maximum atomic E-state index is 13.5. The molecule has 28 heavy (non-hydrogen) atoms. The van der Waals surface area contributed by atoms with Crippen LogP contribution in [0.2, 0.25) is 0 Å². The van der Waals surface area contributed by atoms with E-state index in [1.807, 2.05) is 0 Å². The topological polar surface area (TPSA) is 119 Å². The van der Waals surface area contributed by atoms with Gasteiger partial charge in [-0.3, -0.25) is 14.4 Å². The summed E-state index contributed by atoms with van der Waals surface area (Å²) in [5.41, 5.74) is -5.69. The molecule has 2 saturated heterocycles. The molecule has 1 aromatic rings. The van der Waals surface area contributed by atoms with Crippen LogP contribution in [-0.4, -0.2) is 63.0 Å². The number of ketones is 2. The summed E-state index contributed by atoms with van der Waals surface area (Å²) >= 11 is 0. The lowest BCUT2D eigenvalue weighted by atomic mass is 9.59. The van der Waals surface area contributed by atoms with E-state index in [0.29, 0.717) is 6.42 Å². The van der Waals surface area contributed by atoms with Crippen LogP contribution < -0.4 is 0 Å². The zero-order valence-electron chi connectivity index (χ0n) is 15.0. The van der Waals surface area contributed by atoms with Gasteiger partial charge in [0.2, 0.25) is 28.6 Å². The van der Waals surface area contributed by atoms with Gasteiger partial charge in [-0.1, -0.05) is 30.3 Å². The summed E-state index contributed by atoms with van der Waals surface area (Å²) in [5, 5.41) is 23.4. The zero-order valence-corrected chi connectivity index (χ0v) is 15.0. The third-order valence-corrected chi connectivity index (χ3v) is 6.03. The second-order valence-electron chi connectivity index (χ2n) is 7.69. The van der Waals surface area contributed by atoms with Crippen molar-refractivity contribution in [1.29, 1.82) is 0 Å². The molecule has 8 nitrogen and oxygen atoms in total. The minimum Gasteiger partial charge on any atom is -0.456 e. The van der Waals surface area contributed by atoms with E-state index in [9.17, 15) is 24.6 Å². The number of hydrogen-bond donors (Lipinski definition) is 2. The van der Waals surface area contributed by atoms with Crippen LogP contribution in [0.1, 0.15) is 40.5 Å². The average Bonchev–Trinajstić information content (AvgIpc) is 3.04. The number of Topliss-reactive ketones (excluding diaryl/α,β-unsaturated/α-hetero) is 2. The van der Waals surface area contributed by atoms with Gasteiger partial charge in [-0.25, -0.2) is 0 Å². The molecule has 3 heterocycles. The quantitative estimate of drug-likeness (QED) is 0.483. The molecule has 4 aliphatic rings. The van der Waals surface area contributed by atoms with E-state index in [1.165, 1.54) is 18.2 Å². The van der Waals surface area contributed by atoms with Crippen LogP contribution in [0.3, 0.4) is 0 Å². The largest absolute Gasteiger partial charge is 0.456 e. The first-order valence-corrected chi connectivity index (χ1v) is 9.11. The molecule has 6 atom stereocenters. The number of carbonyl (C=O) groups is 3. The van der Waals surface area contributed by atoms with Crippen LogP contribution in [0, 0.1) is 0 Å². The Kier molecular flexibility index (Phi) is 3.38. The number of benzene rings is 1. The standard InChI is InChI=1S/C20H18O8/c1-10-5-4-8-18(27-10)20(25)16(23)12-7-3-2-6-11(12)15(22)19(20,24)17-13(28-18)9-14(21)26-17/h2-4,6-8,10,13,17,24-25H,5,9H2,1H3/t10-,13+,17+,18+,19-,20+/m1/s1. The van der Waals surface area contributed by atoms with E-state index in [4.69, 9.17) is 14.2 Å². The van der Waals surface area contributed by atoms with Gasteiger partial charge in [-0.05, 0) is 19.4 Å². The smallest absolute Gasteiger partial charge is 0.309 e. The molecule has 1 spiro atoms. The van der Waals surface area contributed by atoms with Crippen molar-refractivity contribution >= 4 is 17.5 Å². The molecule has 1 aromatic carbocycles. The zero-order chi connectivity index (χ0) is 19.9. The molecule has 1 aliphatic carbocycles. The highest BCUT2D eigenvalue weighted by Crippen LogP contribution is 2.55. The Bertz CT molecular complexity index is 953. The molecule has 0 saturated carbocycles. The predicted molar refractivity (Wildman–Crippen MR) is 91.4 cm³/mol. The van der Waals surface area contributed by atoms with Gasteiger partial charge < -0.3 is 24.4 Å². The number of aliphatic hydroxyl groups is 2. The van der Waals surface area contributed by atoms with Gasteiger partial charge in [0.25, 0.3) is 0 Å². The van der Waals surface area contributed by atoms with Crippen molar-refractivity contribution in [2.45, 2.75) is 55.1 Å². The summed E-state index contributed by atoms with van der Waals surface area (Å²) in [6.45, 7) is 1.71. The van der Waals surface area contributed by atoms with Gasteiger partial charge in [0, 0.05) is 11.1 Å².